The van der Waals surface area contributed by atoms with Gasteiger partial charge in [-0.05, 0) is 47.7 Å². The highest BCUT2D eigenvalue weighted by atomic mass is 32.1. The molecule has 2 aromatic rings. The van der Waals surface area contributed by atoms with Gasteiger partial charge in [-0.2, -0.15) is 0 Å². The summed E-state index contributed by atoms with van der Waals surface area (Å²) in [5.41, 5.74) is 1.51. The van der Waals surface area contributed by atoms with E-state index in [2.05, 4.69) is 55.7 Å². The molecule has 2 heteroatoms. The van der Waals surface area contributed by atoms with Crippen molar-refractivity contribution in [2.24, 2.45) is 5.92 Å². The van der Waals surface area contributed by atoms with Crippen LogP contribution in [-0.2, 0) is 6.42 Å². The van der Waals surface area contributed by atoms with E-state index in [9.17, 15) is 0 Å². The van der Waals surface area contributed by atoms with Gasteiger partial charge in [-0.3, -0.25) is 0 Å². The number of hydrogen-bond donors (Lipinski definition) is 1. The molecule has 0 aliphatic carbocycles. The molecule has 2 unspecified atom stereocenters. The topological polar surface area (TPSA) is 12.0 Å². The Morgan fingerprint density at radius 2 is 2.00 bits per heavy atom. The van der Waals surface area contributed by atoms with Crippen LogP contribution in [0.25, 0.3) is 10.1 Å². The highest BCUT2D eigenvalue weighted by Gasteiger charge is 2.14. The van der Waals surface area contributed by atoms with Crippen LogP contribution in [0.3, 0.4) is 0 Å². The normalized spacial score (nSPS) is 14.7. The largest absolute Gasteiger partial charge is 0.314 e. The Morgan fingerprint density at radius 3 is 2.74 bits per heavy atom. The third kappa shape index (κ3) is 3.80. The fraction of sp³-hybridized carbons (Fsp3) is 0.529. The van der Waals surface area contributed by atoms with E-state index in [1.54, 1.807) is 0 Å². The Labute approximate surface area is 121 Å². The first-order valence-electron chi connectivity index (χ1n) is 7.43. The molecule has 0 aliphatic rings. The SMILES string of the molecule is CCNC(Cc1csc2ccccc12)CC(C)CC. The fourth-order valence-corrected chi connectivity index (χ4v) is 3.61. The summed E-state index contributed by atoms with van der Waals surface area (Å²) in [4.78, 5) is 0. The van der Waals surface area contributed by atoms with E-state index in [1.165, 1.54) is 28.5 Å². The van der Waals surface area contributed by atoms with Crippen molar-refractivity contribution in [3.8, 4) is 0 Å². The second-order valence-electron chi connectivity index (χ2n) is 5.46. The van der Waals surface area contributed by atoms with Gasteiger partial charge in [0.2, 0.25) is 0 Å². The van der Waals surface area contributed by atoms with Crippen molar-refractivity contribution in [1.29, 1.82) is 0 Å². The van der Waals surface area contributed by atoms with Crippen molar-refractivity contribution >= 4 is 21.4 Å². The Hall–Kier alpha value is -0.860. The van der Waals surface area contributed by atoms with E-state index >= 15 is 0 Å². The summed E-state index contributed by atoms with van der Waals surface area (Å²) in [7, 11) is 0. The molecule has 0 radical (unpaired) electrons. The quantitative estimate of drug-likeness (QED) is 0.761. The summed E-state index contributed by atoms with van der Waals surface area (Å²) >= 11 is 1.87. The fourth-order valence-electron chi connectivity index (χ4n) is 2.64. The Balaban J connectivity index is 2.11. The molecule has 2 atom stereocenters. The van der Waals surface area contributed by atoms with Crippen molar-refractivity contribution in [2.45, 2.75) is 46.1 Å². The molecule has 1 aromatic heterocycles. The highest BCUT2D eigenvalue weighted by Crippen LogP contribution is 2.27. The van der Waals surface area contributed by atoms with Gasteiger partial charge >= 0.3 is 0 Å². The molecule has 0 spiro atoms. The zero-order valence-corrected chi connectivity index (χ0v) is 13.1. The number of fused-ring (bicyclic) bond motifs is 1. The number of likely N-dealkylation sites (N-methyl/N-ethyl adjacent to an activating group) is 1. The lowest BCUT2D eigenvalue weighted by Gasteiger charge is -2.21. The lowest BCUT2D eigenvalue weighted by atomic mass is 9.94. The van der Waals surface area contributed by atoms with Crippen LogP contribution in [0.15, 0.2) is 29.6 Å². The van der Waals surface area contributed by atoms with Crippen LogP contribution < -0.4 is 5.32 Å². The summed E-state index contributed by atoms with van der Waals surface area (Å²) in [6.07, 6.45) is 3.70. The predicted molar refractivity (Wildman–Crippen MR) is 87.1 cm³/mol. The van der Waals surface area contributed by atoms with Crippen LogP contribution in [0.1, 0.15) is 39.2 Å². The number of thiophene rings is 1. The lowest BCUT2D eigenvalue weighted by Crippen LogP contribution is -2.32. The summed E-state index contributed by atoms with van der Waals surface area (Å²) < 4.78 is 1.41. The van der Waals surface area contributed by atoms with E-state index in [-0.39, 0.29) is 0 Å². The van der Waals surface area contributed by atoms with Crippen LogP contribution in [0.2, 0.25) is 0 Å². The maximum atomic E-state index is 3.66. The minimum absolute atomic E-state index is 0.609. The van der Waals surface area contributed by atoms with Gasteiger partial charge in [-0.15, -0.1) is 11.3 Å². The first kappa shape index (κ1) is 14.5. The zero-order valence-electron chi connectivity index (χ0n) is 12.3. The second-order valence-corrected chi connectivity index (χ2v) is 6.38. The third-order valence-corrected chi connectivity index (χ3v) is 4.92. The van der Waals surface area contributed by atoms with Crippen molar-refractivity contribution in [2.75, 3.05) is 6.54 Å². The standard InChI is InChI=1S/C17H25NS/c1-4-13(3)10-15(18-5-2)11-14-12-19-17-9-7-6-8-16(14)17/h6-9,12-13,15,18H,4-5,10-11H2,1-3H3. The van der Waals surface area contributed by atoms with Gasteiger partial charge in [0, 0.05) is 10.7 Å². The van der Waals surface area contributed by atoms with E-state index in [4.69, 9.17) is 0 Å². The maximum absolute atomic E-state index is 3.66. The minimum Gasteiger partial charge on any atom is -0.314 e. The van der Waals surface area contributed by atoms with Crippen LogP contribution in [0.5, 0.6) is 0 Å². The average molecular weight is 275 g/mol. The molecule has 1 aromatic carbocycles. The molecule has 1 nitrogen and oxygen atoms in total. The van der Waals surface area contributed by atoms with Crippen LogP contribution in [0.4, 0.5) is 0 Å². The van der Waals surface area contributed by atoms with Gasteiger partial charge in [-0.1, -0.05) is 45.4 Å². The Kier molecular flexibility index (Phi) is 5.41. The summed E-state index contributed by atoms with van der Waals surface area (Å²) in [6, 6.07) is 9.37. The van der Waals surface area contributed by atoms with E-state index < -0.39 is 0 Å². The number of rotatable bonds is 7. The van der Waals surface area contributed by atoms with Gasteiger partial charge in [0.05, 0.1) is 0 Å². The molecule has 104 valence electrons. The molecule has 2 rings (SSSR count). The zero-order chi connectivity index (χ0) is 13.7. The van der Waals surface area contributed by atoms with Crippen LogP contribution in [0, 0.1) is 5.92 Å². The molecular weight excluding hydrogens is 250 g/mol. The van der Waals surface area contributed by atoms with Gasteiger partial charge in [0.15, 0.2) is 0 Å². The highest BCUT2D eigenvalue weighted by molar-refractivity contribution is 7.17. The minimum atomic E-state index is 0.609. The average Bonchev–Trinajstić information content (AvgIpc) is 2.82. The molecule has 0 aliphatic heterocycles. The molecule has 0 saturated heterocycles. The van der Waals surface area contributed by atoms with E-state index in [1.807, 2.05) is 11.3 Å². The molecule has 0 fully saturated rings. The van der Waals surface area contributed by atoms with Crippen molar-refractivity contribution in [3.05, 3.63) is 35.2 Å². The first-order chi connectivity index (χ1) is 9.24. The summed E-state index contributed by atoms with van der Waals surface area (Å²) in [6.45, 7) is 7.90. The maximum Gasteiger partial charge on any atom is 0.0345 e. The monoisotopic (exact) mass is 275 g/mol. The molecule has 19 heavy (non-hydrogen) atoms. The summed E-state index contributed by atoms with van der Waals surface area (Å²) in [5, 5.41) is 7.44. The van der Waals surface area contributed by atoms with Crippen molar-refractivity contribution in [1.82, 2.24) is 5.32 Å². The molecule has 1 N–H and O–H groups in total. The van der Waals surface area contributed by atoms with Gasteiger partial charge < -0.3 is 5.32 Å². The van der Waals surface area contributed by atoms with E-state index in [0.29, 0.717) is 6.04 Å². The second kappa shape index (κ2) is 7.06. The molecule has 1 heterocycles. The number of benzene rings is 1. The lowest BCUT2D eigenvalue weighted by molar-refractivity contribution is 0.398. The molecule has 0 amide bonds. The van der Waals surface area contributed by atoms with Crippen LogP contribution >= 0.6 is 11.3 Å². The molecular formula is C17H25NS. The van der Waals surface area contributed by atoms with Gasteiger partial charge in [-0.25, -0.2) is 0 Å². The molecule has 0 saturated carbocycles. The predicted octanol–water partition coefficient (Wildman–Crippen LogP) is 4.86. The smallest absolute Gasteiger partial charge is 0.0345 e. The van der Waals surface area contributed by atoms with Crippen molar-refractivity contribution in [3.63, 3.8) is 0 Å². The first-order valence-corrected chi connectivity index (χ1v) is 8.31. The summed E-state index contributed by atoms with van der Waals surface area (Å²) in [5.74, 6) is 0.800. The third-order valence-electron chi connectivity index (χ3n) is 3.90. The number of nitrogens with one attached hydrogen (secondary N) is 1. The van der Waals surface area contributed by atoms with Gasteiger partial charge in [0.25, 0.3) is 0 Å². The van der Waals surface area contributed by atoms with Crippen molar-refractivity contribution < 1.29 is 0 Å². The molecule has 0 bridgehead atoms. The Morgan fingerprint density at radius 1 is 1.21 bits per heavy atom. The van der Waals surface area contributed by atoms with Crippen LogP contribution in [-0.4, -0.2) is 12.6 Å². The van der Waals surface area contributed by atoms with E-state index in [0.717, 1.165) is 18.9 Å². The number of hydrogen-bond acceptors (Lipinski definition) is 2. The Bertz CT molecular complexity index is 503. The van der Waals surface area contributed by atoms with Gasteiger partial charge in [0.1, 0.15) is 0 Å².